The third kappa shape index (κ3) is 0.988. The van der Waals surface area contributed by atoms with Crippen molar-refractivity contribution >= 4 is 22.8 Å². The average Bonchev–Trinajstić information content (AvgIpc) is 2.66. The summed E-state index contributed by atoms with van der Waals surface area (Å²) in [5.74, 6) is 0.974. The number of thioether (sulfide) groups is 1. The van der Waals surface area contributed by atoms with Gasteiger partial charge in [-0.05, 0) is 12.1 Å². The van der Waals surface area contributed by atoms with Crippen molar-refractivity contribution in [3.8, 4) is 0 Å². The standard InChI is InChI=1S/C9H7N3OS/c13-8-6-2-1-3-10-7(6)12-4-5-14-9(12)11-8/h1-3H,4-5H2. The average molecular weight is 205 g/mol. The lowest BCUT2D eigenvalue weighted by Gasteiger charge is -2.04. The predicted octanol–water partition coefficient (Wildman–Crippen LogP) is 0.897. The van der Waals surface area contributed by atoms with Crippen LogP contribution in [-0.4, -0.2) is 20.3 Å². The van der Waals surface area contributed by atoms with Gasteiger partial charge in [0.1, 0.15) is 5.65 Å². The maximum Gasteiger partial charge on any atom is 0.283 e. The Balaban J connectivity index is 2.53. The minimum Gasteiger partial charge on any atom is -0.304 e. The molecule has 0 spiro atoms. The number of rotatable bonds is 0. The Morgan fingerprint density at radius 1 is 1.50 bits per heavy atom. The summed E-state index contributed by atoms with van der Waals surface area (Å²) < 4.78 is 2.00. The zero-order valence-corrected chi connectivity index (χ0v) is 8.12. The van der Waals surface area contributed by atoms with Gasteiger partial charge < -0.3 is 4.57 Å². The number of hydrogen-bond acceptors (Lipinski definition) is 4. The van der Waals surface area contributed by atoms with Crippen LogP contribution in [0.5, 0.6) is 0 Å². The van der Waals surface area contributed by atoms with E-state index in [9.17, 15) is 4.79 Å². The molecule has 70 valence electrons. The first kappa shape index (κ1) is 7.99. The Bertz CT molecular complexity index is 563. The largest absolute Gasteiger partial charge is 0.304 e. The van der Waals surface area contributed by atoms with Gasteiger partial charge in [-0.3, -0.25) is 4.79 Å². The van der Waals surface area contributed by atoms with E-state index in [0.29, 0.717) is 5.39 Å². The van der Waals surface area contributed by atoms with Crippen LogP contribution in [0, 0.1) is 0 Å². The summed E-state index contributed by atoms with van der Waals surface area (Å²) in [6, 6.07) is 3.54. The number of fused-ring (bicyclic) bond motifs is 3. The van der Waals surface area contributed by atoms with E-state index < -0.39 is 0 Å². The molecule has 3 rings (SSSR count). The van der Waals surface area contributed by atoms with Crippen molar-refractivity contribution in [1.82, 2.24) is 14.5 Å². The van der Waals surface area contributed by atoms with Gasteiger partial charge in [0, 0.05) is 18.5 Å². The maximum absolute atomic E-state index is 11.6. The van der Waals surface area contributed by atoms with Crippen molar-refractivity contribution in [2.45, 2.75) is 11.7 Å². The van der Waals surface area contributed by atoms with E-state index in [1.807, 2.05) is 4.57 Å². The second-order valence-corrected chi connectivity index (χ2v) is 4.14. The number of aromatic nitrogens is 3. The second-order valence-electron chi connectivity index (χ2n) is 3.07. The van der Waals surface area contributed by atoms with Gasteiger partial charge in [-0.2, -0.15) is 4.98 Å². The highest BCUT2D eigenvalue weighted by Crippen LogP contribution is 2.24. The van der Waals surface area contributed by atoms with Crippen molar-refractivity contribution < 1.29 is 0 Å². The van der Waals surface area contributed by atoms with Crippen molar-refractivity contribution in [3.05, 3.63) is 28.7 Å². The van der Waals surface area contributed by atoms with E-state index in [1.165, 1.54) is 0 Å². The van der Waals surface area contributed by atoms with Gasteiger partial charge in [0.15, 0.2) is 5.16 Å². The molecule has 0 bridgehead atoms. The van der Waals surface area contributed by atoms with Crippen LogP contribution in [0.4, 0.5) is 0 Å². The van der Waals surface area contributed by atoms with Gasteiger partial charge in [0.2, 0.25) is 0 Å². The number of hydrogen-bond donors (Lipinski definition) is 0. The SMILES string of the molecule is O=c1nc2n(c3ncccc13)CCS2. The van der Waals surface area contributed by atoms with Gasteiger partial charge in [0.05, 0.1) is 5.39 Å². The molecule has 0 atom stereocenters. The molecule has 0 N–H and O–H groups in total. The predicted molar refractivity (Wildman–Crippen MR) is 54.5 cm³/mol. The van der Waals surface area contributed by atoms with Crippen LogP contribution in [0.3, 0.4) is 0 Å². The molecule has 1 aliphatic rings. The van der Waals surface area contributed by atoms with Gasteiger partial charge in [-0.1, -0.05) is 11.8 Å². The van der Waals surface area contributed by atoms with Crippen LogP contribution >= 0.6 is 11.8 Å². The Hall–Kier alpha value is -1.36. The van der Waals surface area contributed by atoms with Crippen LogP contribution in [0.1, 0.15) is 0 Å². The van der Waals surface area contributed by atoms with E-state index in [2.05, 4.69) is 9.97 Å². The van der Waals surface area contributed by atoms with Crippen molar-refractivity contribution in [3.63, 3.8) is 0 Å². The van der Waals surface area contributed by atoms with Crippen molar-refractivity contribution in [2.24, 2.45) is 0 Å². The first-order chi connectivity index (χ1) is 6.86. The third-order valence-corrected chi connectivity index (χ3v) is 3.20. The lowest BCUT2D eigenvalue weighted by molar-refractivity contribution is 0.700. The summed E-state index contributed by atoms with van der Waals surface area (Å²) in [7, 11) is 0. The fraction of sp³-hybridized carbons (Fsp3) is 0.222. The molecule has 0 fully saturated rings. The Morgan fingerprint density at radius 3 is 3.36 bits per heavy atom. The highest BCUT2D eigenvalue weighted by Gasteiger charge is 2.16. The molecule has 2 aromatic heterocycles. The lowest BCUT2D eigenvalue weighted by Crippen LogP contribution is -2.13. The van der Waals surface area contributed by atoms with Crippen LogP contribution in [0.25, 0.3) is 11.0 Å². The van der Waals surface area contributed by atoms with Gasteiger partial charge >= 0.3 is 0 Å². The first-order valence-corrected chi connectivity index (χ1v) is 5.33. The zero-order valence-electron chi connectivity index (χ0n) is 7.30. The number of nitrogens with zero attached hydrogens (tertiary/aromatic N) is 3. The molecule has 0 saturated carbocycles. The summed E-state index contributed by atoms with van der Waals surface area (Å²) in [5, 5.41) is 1.40. The smallest absolute Gasteiger partial charge is 0.283 e. The molecule has 0 radical (unpaired) electrons. The maximum atomic E-state index is 11.6. The summed E-state index contributed by atoms with van der Waals surface area (Å²) >= 11 is 1.61. The first-order valence-electron chi connectivity index (χ1n) is 4.34. The van der Waals surface area contributed by atoms with Crippen molar-refractivity contribution in [2.75, 3.05) is 5.75 Å². The van der Waals surface area contributed by atoms with Crippen LogP contribution in [-0.2, 0) is 6.54 Å². The van der Waals surface area contributed by atoms with Gasteiger partial charge in [-0.25, -0.2) is 4.98 Å². The van der Waals surface area contributed by atoms with E-state index in [1.54, 1.807) is 30.1 Å². The Labute approximate surface area is 84.0 Å². The third-order valence-electron chi connectivity index (χ3n) is 2.25. The highest BCUT2D eigenvalue weighted by atomic mass is 32.2. The molecule has 0 aliphatic carbocycles. The number of pyridine rings is 1. The van der Waals surface area contributed by atoms with Crippen molar-refractivity contribution in [1.29, 1.82) is 0 Å². The molecule has 0 unspecified atom stereocenters. The molecule has 0 aromatic carbocycles. The van der Waals surface area contributed by atoms with E-state index in [-0.39, 0.29) is 5.56 Å². The quantitative estimate of drug-likeness (QED) is 0.599. The van der Waals surface area contributed by atoms with E-state index >= 15 is 0 Å². The van der Waals surface area contributed by atoms with Crippen LogP contribution < -0.4 is 5.56 Å². The van der Waals surface area contributed by atoms with Crippen LogP contribution in [0.15, 0.2) is 28.3 Å². The second kappa shape index (κ2) is 2.81. The summed E-state index contributed by atoms with van der Waals surface area (Å²) in [6.45, 7) is 0.890. The van der Waals surface area contributed by atoms with Gasteiger partial charge in [0.25, 0.3) is 5.56 Å². The fourth-order valence-electron chi connectivity index (χ4n) is 1.62. The molecule has 14 heavy (non-hydrogen) atoms. The molecule has 4 nitrogen and oxygen atoms in total. The summed E-state index contributed by atoms with van der Waals surface area (Å²) in [6.07, 6.45) is 1.71. The molecule has 0 amide bonds. The molecule has 5 heteroatoms. The zero-order chi connectivity index (χ0) is 9.54. The van der Waals surface area contributed by atoms with Gasteiger partial charge in [-0.15, -0.1) is 0 Å². The fourth-order valence-corrected chi connectivity index (χ4v) is 2.55. The topological polar surface area (TPSA) is 47.8 Å². The lowest BCUT2D eigenvalue weighted by atomic mass is 10.3. The molecule has 3 heterocycles. The minimum atomic E-state index is -0.172. The number of aryl methyl sites for hydroxylation is 1. The highest BCUT2D eigenvalue weighted by molar-refractivity contribution is 7.99. The summed E-state index contributed by atoms with van der Waals surface area (Å²) in [5.41, 5.74) is 0.584. The Kier molecular flexibility index (Phi) is 1.61. The normalized spacial score (nSPS) is 14.6. The Morgan fingerprint density at radius 2 is 2.43 bits per heavy atom. The minimum absolute atomic E-state index is 0.172. The molecular weight excluding hydrogens is 198 g/mol. The summed E-state index contributed by atoms with van der Waals surface area (Å²) in [4.78, 5) is 19.8. The van der Waals surface area contributed by atoms with E-state index in [0.717, 1.165) is 23.1 Å². The van der Waals surface area contributed by atoms with E-state index in [4.69, 9.17) is 0 Å². The molecule has 2 aromatic rings. The molecule has 0 saturated heterocycles. The monoisotopic (exact) mass is 205 g/mol. The van der Waals surface area contributed by atoms with Crippen LogP contribution in [0.2, 0.25) is 0 Å². The molecule has 1 aliphatic heterocycles. The molecular formula is C9H7N3OS.